The van der Waals surface area contributed by atoms with Gasteiger partial charge in [-0.05, 0) is 47.1 Å². The number of nitrogens with zero attached hydrogens (tertiary/aromatic N) is 1. The van der Waals surface area contributed by atoms with E-state index in [4.69, 9.17) is 4.74 Å². The Hall–Kier alpha value is -1.81. The number of hydrogen-bond donors (Lipinski definition) is 0. The summed E-state index contributed by atoms with van der Waals surface area (Å²) in [6.45, 7) is 1.97. The van der Waals surface area contributed by atoms with Gasteiger partial charge in [-0.1, -0.05) is 17.7 Å². The molecule has 0 saturated carbocycles. The lowest BCUT2D eigenvalue weighted by atomic mass is 10.1. The Balaban J connectivity index is 2.34. The van der Waals surface area contributed by atoms with Gasteiger partial charge in [-0.3, -0.25) is 4.79 Å². The molecule has 0 aliphatic rings. The summed E-state index contributed by atoms with van der Waals surface area (Å²) in [6.07, 6.45) is 0. The lowest BCUT2D eigenvalue weighted by molar-refractivity contribution is 0.0992. The summed E-state index contributed by atoms with van der Waals surface area (Å²) in [5.74, 6) is 0.666. The van der Waals surface area contributed by atoms with Crippen LogP contribution < -0.4 is 9.64 Å². The molecule has 2 rings (SSSR count). The highest BCUT2D eigenvalue weighted by Crippen LogP contribution is 2.24. The van der Waals surface area contributed by atoms with Crippen LogP contribution in [0.15, 0.2) is 46.9 Å². The quantitative estimate of drug-likeness (QED) is 0.848. The summed E-state index contributed by atoms with van der Waals surface area (Å²) in [5.41, 5.74) is 2.49. The van der Waals surface area contributed by atoms with Crippen LogP contribution in [0.3, 0.4) is 0 Å². The number of halogens is 1. The van der Waals surface area contributed by atoms with Gasteiger partial charge in [0.1, 0.15) is 5.75 Å². The molecule has 2 aromatic carbocycles. The average Bonchev–Trinajstić information content (AvgIpc) is 2.48. The third-order valence-corrected chi connectivity index (χ3v) is 3.79. The molecule has 104 valence electrons. The maximum absolute atomic E-state index is 12.6. The molecule has 0 spiro atoms. The van der Waals surface area contributed by atoms with Crippen LogP contribution in [-0.2, 0) is 0 Å². The number of benzene rings is 2. The predicted molar refractivity (Wildman–Crippen MR) is 84.6 cm³/mol. The second-order valence-corrected chi connectivity index (χ2v) is 5.40. The van der Waals surface area contributed by atoms with Gasteiger partial charge < -0.3 is 9.64 Å². The zero-order valence-corrected chi connectivity index (χ0v) is 13.3. The van der Waals surface area contributed by atoms with E-state index >= 15 is 0 Å². The number of carbonyl (C=O) groups excluding carboxylic acids is 1. The van der Waals surface area contributed by atoms with Gasteiger partial charge in [0.2, 0.25) is 0 Å². The summed E-state index contributed by atoms with van der Waals surface area (Å²) < 4.78 is 5.98. The normalized spacial score (nSPS) is 10.2. The Morgan fingerprint density at radius 3 is 2.65 bits per heavy atom. The van der Waals surface area contributed by atoms with E-state index in [2.05, 4.69) is 15.9 Å². The van der Waals surface area contributed by atoms with Gasteiger partial charge in [-0.2, -0.15) is 0 Å². The van der Waals surface area contributed by atoms with Gasteiger partial charge in [0, 0.05) is 23.3 Å². The summed E-state index contributed by atoms with van der Waals surface area (Å²) in [7, 11) is 3.37. The molecule has 2 aromatic rings. The van der Waals surface area contributed by atoms with E-state index in [1.165, 1.54) is 0 Å². The number of amides is 1. The van der Waals surface area contributed by atoms with Crippen molar-refractivity contribution in [3.63, 3.8) is 0 Å². The molecule has 1 amide bonds. The fourth-order valence-electron chi connectivity index (χ4n) is 1.92. The van der Waals surface area contributed by atoms with Crippen molar-refractivity contribution >= 4 is 27.5 Å². The Labute approximate surface area is 127 Å². The summed E-state index contributed by atoms with van der Waals surface area (Å²) >= 11 is 3.43. The molecule has 0 radical (unpaired) electrons. The largest absolute Gasteiger partial charge is 0.497 e. The molecule has 0 N–H and O–H groups in total. The highest BCUT2D eigenvalue weighted by Gasteiger charge is 2.16. The zero-order chi connectivity index (χ0) is 14.7. The molecule has 0 atom stereocenters. The maximum Gasteiger partial charge on any atom is 0.259 e. The molecule has 0 bridgehead atoms. The molecule has 20 heavy (non-hydrogen) atoms. The molecule has 0 fully saturated rings. The van der Waals surface area contributed by atoms with Crippen molar-refractivity contribution in [2.24, 2.45) is 0 Å². The van der Waals surface area contributed by atoms with Crippen LogP contribution in [0.25, 0.3) is 0 Å². The first-order valence-corrected chi connectivity index (χ1v) is 7.00. The van der Waals surface area contributed by atoms with Crippen molar-refractivity contribution in [2.75, 3.05) is 19.1 Å². The number of anilines is 1. The van der Waals surface area contributed by atoms with Crippen molar-refractivity contribution in [3.05, 3.63) is 58.1 Å². The van der Waals surface area contributed by atoms with Crippen LogP contribution in [0.5, 0.6) is 5.75 Å². The second-order valence-electron chi connectivity index (χ2n) is 4.55. The van der Waals surface area contributed by atoms with E-state index in [-0.39, 0.29) is 5.91 Å². The summed E-state index contributed by atoms with van der Waals surface area (Å²) in [6, 6.07) is 13.2. The first-order valence-electron chi connectivity index (χ1n) is 6.21. The molecule has 0 aliphatic carbocycles. The molecule has 4 heteroatoms. The van der Waals surface area contributed by atoms with Gasteiger partial charge in [-0.25, -0.2) is 0 Å². The number of methoxy groups -OCH3 is 1. The fourth-order valence-corrected chi connectivity index (χ4v) is 2.34. The van der Waals surface area contributed by atoms with E-state index in [0.717, 1.165) is 21.5 Å². The Morgan fingerprint density at radius 2 is 1.95 bits per heavy atom. The van der Waals surface area contributed by atoms with Gasteiger partial charge >= 0.3 is 0 Å². The highest BCUT2D eigenvalue weighted by atomic mass is 79.9. The lowest BCUT2D eigenvalue weighted by Gasteiger charge is -2.19. The molecule has 0 unspecified atom stereocenters. The fraction of sp³-hybridized carbons (Fsp3) is 0.188. The van der Waals surface area contributed by atoms with Gasteiger partial charge in [0.25, 0.3) is 5.91 Å². The minimum atomic E-state index is -0.0613. The number of hydrogen-bond acceptors (Lipinski definition) is 2. The molecule has 0 heterocycles. The van der Waals surface area contributed by atoms with Crippen LogP contribution in [0.2, 0.25) is 0 Å². The number of ether oxygens (including phenoxy) is 1. The molecular formula is C16H16BrNO2. The Kier molecular flexibility index (Phi) is 4.45. The number of aryl methyl sites for hydroxylation is 1. The summed E-state index contributed by atoms with van der Waals surface area (Å²) in [4.78, 5) is 14.2. The van der Waals surface area contributed by atoms with Crippen molar-refractivity contribution < 1.29 is 9.53 Å². The van der Waals surface area contributed by atoms with Crippen LogP contribution in [-0.4, -0.2) is 20.1 Å². The molecule has 0 saturated heterocycles. The molecule has 0 aromatic heterocycles. The average molecular weight is 334 g/mol. The van der Waals surface area contributed by atoms with Crippen LogP contribution in [0.1, 0.15) is 15.9 Å². The van der Waals surface area contributed by atoms with E-state index in [9.17, 15) is 4.79 Å². The van der Waals surface area contributed by atoms with E-state index in [1.807, 2.05) is 49.4 Å². The Bertz CT molecular complexity index is 640. The van der Waals surface area contributed by atoms with Crippen molar-refractivity contribution in [1.29, 1.82) is 0 Å². The second kappa shape index (κ2) is 6.09. The number of rotatable bonds is 3. The SMILES string of the molecule is COc1cccc(N(C)C(=O)c2cc(C)ccc2Br)c1. The Morgan fingerprint density at radius 1 is 1.20 bits per heavy atom. The van der Waals surface area contributed by atoms with Crippen molar-refractivity contribution in [3.8, 4) is 5.75 Å². The third-order valence-electron chi connectivity index (χ3n) is 3.10. The van der Waals surface area contributed by atoms with E-state index < -0.39 is 0 Å². The lowest BCUT2D eigenvalue weighted by Crippen LogP contribution is -2.26. The maximum atomic E-state index is 12.6. The molecule has 3 nitrogen and oxygen atoms in total. The zero-order valence-electron chi connectivity index (χ0n) is 11.7. The monoisotopic (exact) mass is 333 g/mol. The van der Waals surface area contributed by atoms with Crippen LogP contribution >= 0.6 is 15.9 Å². The minimum absolute atomic E-state index is 0.0613. The van der Waals surface area contributed by atoms with Gasteiger partial charge in [-0.15, -0.1) is 0 Å². The van der Waals surface area contributed by atoms with Crippen molar-refractivity contribution in [1.82, 2.24) is 0 Å². The highest BCUT2D eigenvalue weighted by molar-refractivity contribution is 9.10. The summed E-state index contributed by atoms with van der Waals surface area (Å²) in [5, 5.41) is 0. The first-order chi connectivity index (χ1) is 9.52. The van der Waals surface area contributed by atoms with E-state index in [1.54, 1.807) is 19.1 Å². The third kappa shape index (κ3) is 3.02. The van der Waals surface area contributed by atoms with Gasteiger partial charge in [0.15, 0.2) is 0 Å². The van der Waals surface area contributed by atoms with E-state index in [0.29, 0.717) is 5.56 Å². The van der Waals surface area contributed by atoms with Crippen LogP contribution in [0, 0.1) is 6.92 Å². The van der Waals surface area contributed by atoms with Gasteiger partial charge in [0.05, 0.1) is 12.7 Å². The molecule has 0 aliphatic heterocycles. The topological polar surface area (TPSA) is 29.5 Å². The number of carbonyl (C=O) groups is 1. The first kappa shape index (κ1) is 14.6. The molecular weight excluding hydrogens is 318 g/mol. The minimum Gasteiger partial charge on any atom is -0.497 e. The smallest absolute Gasteiger partial charge is 0.259 e. The standard InChI is InChI=1S/C16H16BrNO2/c1-11-7-8-15(17)14(9-11)16(19)18(2)12-5-4-6-13(10-12)20-3/h4-10H,1-3H3. The van der Waals surface area contributed by atoms with Crippen molar-refractivity contribution in [2.45, 2.75) is 6.92 Å². The predicted octanol–water partition coefficient (Wildman–Crippen LogP) is 4.04. The van der Waals surface area contributed by atoms with Crippen LogP contribution in [0.4, 0.5) is 5.69 Å².